The summed E-state index contributed by atoms with van der Waals surface area (Å²) in [7, 11) is -2.50. The Balaban J connectivity index is 1.40. The van der Waals surface area contributed by atoms with E-state index in [0.29, 0.717) is 17.9 Å². The van der Waals surface area contributed by atoms with Gasteiger partial charge in [0.1, 0.15) is 0 Å². The molecule has 0 saturated heterocycles. The molecule has 0 saturated carbocycles. The topological polar surface area (TPSA) is 105 Å². The van der Waals surface area contributed by atoms with Crippen LogP contribution in [0.25, 0.3) is 0 Å². The van der Waals surface area contributed by atoms with Gasteiger partial charge in [-0.05, 0) is 54.8 Å². The second kappa shape index (κ2) is 8.44. The number of carbonyl (C=O) groups is 2. The second-order valence-electron chi connectivity index (χ2n) is 7.96. The van der Waals surface area contributed by atoms with Crippen molar-refractivity contribution in [2.24, 2.45) is 0 Å². The third-order valence-electron chi connectivity index (χ3n) is 5.61. The van der Waals surface area contributed by atoms with Crippen LogP contribution in [0.3, 0.4) is 0 Å². The lowest BCUT2D eigenvalue weighted by Crippen LogP contribution is -2.38. The van der Waals surface area contributed by atoms with Crippen LogP contribution in [0.4, 0.5) is 5.69 Å². The molecule has 1 atom stereocenters. The fourth-order valence-corrected chi connectivity index (χ4v) is 5.20. The number of likely N-dealkylation sites (N-methyl/N-ethyl adjacent to an activating group) is 1. The summed E-state index contributed by atoms with van der Waals surface area (Å²) >= 11 is 0. The van der Waals surface area contributed by atoms with Gasteiger partial charge in [0.2, 0.25) is 28.6 Å². The van der Waals surface area contributed by atoms with Crippen LogP contribution >= 0.6 is 0 Å². The summed E-state index contributed by atoms with van der Waals surface area (Å²) in [4.78, 5) is 26.0. The van der Waals surface area contributed by atoms with Gasteiger partial charge in [-0.15, -0.1) is 0 Å². The first-order valence-corrected chi connectivity index (χ1v) is 11.6. The Kier molecular flexibility index (Phi) is 5.83. The molecule has 0 aliphatic carbocycles. The third kappa shape index (κ3) is 4.15. The van der Waals surface area contributed by atoms with E-state index in [9.17, 15) is 18.0 Å². The molecule has 0 bridgehead atoms. The van der Waals surface area contributed by atoms with E-state index in [1.165, 1.54) is 20.0 Å². The van der Waals surface area contributed by atoms with Gasteiger partial charge in [0.15, 0.2) is 11.5 Å². The van der Waals surface area contributed by atoms with Crippen LogP contribution in [0.2, 0.25) is 0 Å². The molecule has 0 fully saturated rings. The predicted octanol–water partition coefficient (Wildman–Crippen LogP) is 1.65. The fourth-order valence-electron chi connectivity index (χ4n) is 4.02. The zero-order valence-electron chi connectivity index (χ0n) is 18.1. The minimum absolute atomic E-state index is 0.0276. The van der Waals surface area contributed by atoms with Crippen molar-refractivity contribution in [3.05, 3.63) is 47.5 Å². The first-order valence-electron chi connectivity index (χ1n) is 10.2. The number of anilines is 1. The Bertz CT molecular complexity index is 1180. The summed E-state index contributed by atoms with van der Waals surface area (Å²) in [5, 5.41) is 2.72. The molecule has 170 valence electrons. The van der Waals surface area contributed by atoms with Crippen molar-refractivity contribution in [1.29, 1.82) is 0 Å². The Morgan fingerprint density at radius 1 is 1.16 bits per heavy atom. The van der Waals surface area contributed by atoms with Crippen molar-refractivity contribution in [2.45, 2.75) is 37.8 Å². The molecule has 0 aromatic heterocycles. The summed E-state index contributed by atoms with van der Waals surface area (Å²) < 4.78 is 37.6. The highest BCUT2D eigenvalue weighted by molar-refractivity contribution is 7.89. The summed E-state index contributed by atoms with van der Waals surface area (Å²) in [6, 6.07) is 10.0. The number of hydrogen-bond acceptors (Lipinski definition) is 6. The maximum atomic E-state index is 13.0. The van der Waals surface area contributed by atoms with Gasteiger partial charge >= 0.3 is 0 Å². The number of nitrogens with zero attached hydrogens (tertiary/aromatic N) is 2. The van der Waals surface area contributed by atoms with Gasteiger partial charge in [-0.25, -0.2) is 8.42 Å². The second-order valence-corrected chi connectivity index (χ2v) is 10.0. The maximum Gasteiger partial charge on any atom is 0.243 e. The number of fused-ring (bicyclic) bond motifs is 2. The van der Waals surface area contributed by atoms with Gasteiger partial charge < -0.3 is 19.7 Å². The molecule has 9 nitrogen and oxygen atoms in total. The molecule has 0 spiro atoms. The van der Waals surface area contributed by atoms with Gasteiger partial charge in [-0.3, -0.25) is 9.59 Å². The Labute approximate surface area is 187 Å². The number of benzene rings is 2. The Morgan fingerprint density at radius 3 is 2.66 bits per heavy atom. The van der Waals surface area contributed by atoms with Gasteiger partial charge in [0.05, 0.1) is 11.4 Å². The fraction of sp³-hybridized carbons (Fsp3) is 0.364. The molecule has 2 aromatic rings. The molecule has 0 radical (unpaired) electrons. The normalized spacial score (nSPS) is 16.9. The number of carbonyl (C=O) groups excluding carboxylic acids is 2. The molecule has 2 aliphatic heterocycles. The summed E-state index contributed by atoms with van der Waals surface area (Å²) in [5.41, 5.74) is 2.35. The predicted molar refractivity (Wildman–Crippen MR) is 117 cm³/mol. The van der Waals surface area contributed by atoms with Crippen molar-refractivity contribution in [2.75, 3.05) is 25.3 Å². The lowest BCUT2D eigenvalue weighted by Gasteiger charge is -2.21. The number of amides is 2. The number of nitrogens with one attached hydrogen (secondary N) is 1. The summed E-state index contributed by atoms with van der Waals surface area (Å²) in [5.74, 6) is 0.765. The smallest absolute Gasteiger partial charge is 0.243 e. The van der Waals surface area contributed by atoms with E-state index in [0.717, 1.165) is 21.1 Å². The number of rotatable bonds is 6. The van der Waals surface area contributed by atoms with Crippen LogP contribution < -0.4 is 19.7 Å². The third-order valence-corrected chi connectivity index (χ3v) is 7.41. The molecule has 2 heterocycles. The molecule has 2 amide bonds. The highest BCUT2D eigenvalue weighted by Crippen LogP contribution is 2.34. The highest BCUT2D eigenvalue weighted by Gasteiger charge is 2.31. The highest BCUT2D eigenvalue weighted by atomic mass is 32.2. The van der Waals surface area contributed by atoms with Crippen LogP contribution in [0, 0.1) is 0 Å². The first-order chi connectivity index (χ1) is 15.2. The van der Waals surface area contributed by atoms with Gasteiger partial charge in [-0.1, -0.05) is 6.07 Å². The summed E-state index contributed by atoms with van der Waals surface area (Å²) in [6.45, 7) is 3.50. The SMILES string of the molecule is CC(=O)N1c2ccc(S(=O)(=O)N(C)CC(=O)NCc3ccc4c(c3)OCO4)cc2C[C@H]1C. The molecule has 1 N–H and O–H groups in total. The van der Waals surface area contributed by atoms with E-state index in [1.807, 2.05) is 13.0 Å². The van der Waals surface area contributed by atoms with Crippen LogP contribution in [-0.2, 0) is 32.6 Å². The number of hydrogen-bond donors (Lipinski definition) is 1. The molecular weight excluding hydrogens is 434 g/mol. The van der Waals surface area contributed by atoms with Crippen molar-refractivity contribution in [1.82, 2.24) is 9.62 Å². The Morgan fingerprint density at radius 2 is 1.91 bits per heavy atom. The first kappa shape index (κ1) is 22.1. The van der Waals surface area contributed by atoms with Crippen LogP contribution in [0.1, 0.15) is 25.0 Å². The van der Waals surface area contributed by atoms with Crippen molar-refractivity contribution in [3.8, 4) is 11.5 Å². The van der Waals surface area contributed by atoms with Gasteiger partial charge in [0, 0.05) is 32.2 Å². The average Bonchev–Trinajstić information content (AvgIpc) is 3.34. The van der Waals surface area contributed by atoms with Crippen LogP contribution in [0.5, 0.6) is 11.5 Å². The number of sulfonamides is 1. The van der Waals surface area contributed by atoms with E-state index in [-0.39, 0.29) is 36.7 Å². The largest absolute Gasteiger partial charge is 0.454 e. The molecule has 4 rings (SSSR count). The van der Waals surface area contributed by atoms with Gasteiger partial charge in [0.25, 0.3) is 0 Å². The van der Waals surface area contributed by atoms with Crippen molar-refractivity contribution in [3.63, 3.8) is 0 Å². The van der Waals surface area contributed by atoms with Crippen LogP contribution in [0.15, 0.2) is 41.3 Å². The molecule has 0 unspecified atom stereocenters. The Hall–Kier alpha value is -3.11. The van der Waals surface area contributed by atoms with E-state index in [4.69, 9.17) is 9.47 Å². The van der Waals surface area contributed by atoms with Crippen molar-refractivity contribution < 1.29 is 27.5 Å². The van der Waals surface area contributed by atoms with E-state index in [2.05, 4.69) is 5.32 Å². The molecule has 10 heteroatoms. The van der Waals surface area contributed by atoms with E-state index < -0.39 is 15.9 Å². The van der Waals surface area contributed by atoms with Crippen molar-refractivity contribution >= 4 is 27.5 Å². The minimum Gasteiger partial charge on any atom is -0.454 e. The van der Waals surface area contributed by atoms with E-state index >= 15 is 0 Å². The zero-order chi connectivity index (χ0) is 23.0. The standard InChI is InChI=1S/C22H25N3O6S/c1-14-8-17-10-18(5-6-19(17)25(14)15(2)26)32(28,29)24(3)12-22(27)23-11-16-4-7-20-21(9-16)31-13-30-20/h4-7,9-10,14H,8,11-13H2,1-3H3,(H,23,27)/t14-/m1/s1. The quantitative estimate of drug-likeness (QED) is 0.704. The van der Waals surface area contributed by atoms with Gasteiger partial charge in [-0.2, -0.15) is 4.31 Å². The lowest BCUT2D eigenvalue weighted by molar-refractivity contribution is -0.121. The number of ether oxygens (including phenoxy) is 2. The summed E-state index contributed by atoms with van der Waals surface area (Å²) in [6.07, 6.45) is 0.581. The lowest BCUT2D eigenvalue weighted by atomic mass is 10.1. The molecule has 2 aliphatic rings. The van der Waals surface area contributed by atoms with Crippen LogP contribution in [-0.4, -0.2) is 51.0 Å². The average molecular weight is 460 g/mol. The molecule has 32 heavy (non-hydrogen) atoms. The zero-order valence-corrected chi connectivity index (χ0v) is 18.9. The maximum absolute atomic E-state index is 13.0. The monoisotopic (exact) mass is 459 g/mol. The molecular formula is C22H25N3O6S. The molecule has 2 aromatic carbocycles. The van der Waals surface area contributed by atoms with E-state index in [1.54, 1.807) is 29.2 Å². The minimum atomic E-state index is -3.87.